The molecule has 0 saturated carbocycles. The summed E-state index contributed by atoms with van der Waals surface area (Å²) in [5, 5.41) is 17.7. The number of benzene rings is 1. The Hall–Kier alpha value is -1.36. The molecule has 0 unspecified atom stereocenters. The van der Waals surface area contributed by atoms with Crippen LogP contribution in [0.25, 0.3) is 5.69 Å². The number of aliphatic hydroxyl groups is 1. The predicted octanol–water partition coefficient (Wildman–Crippen LogP) is 1.62. The highest BCUT2D eigenvalue weighted by molar-refractivity contribution is 6.30. The van der Waals surface area contributed by atoms with Gasteiger partial charge < -0.3 is 10.4 Å². The van der Waals surface area contributed by atoms with Gasteiger partial charge in [0.15, 0.2) is 0 Å². The zero-order valence-corrected chi connectivity index (χ0v) is 9.91. The van der Waals surface area contributed by atoms with Crippen molar-refractivity contribution in [3.05, 3.63) is 46.2 Å². The van der Waals surface area contributed by atoms with Gasteiger partial charge in [-0.3, -0.25) is 0 Å². The number of aliphatic hydroxyl groups excluding tert-OH is 1. The minimum Gasteiger partial charge on any atom is -0.390 e. The fourth-order valence-corrected chi connectivity index (χ4v) is 2.36. The Balaban J connectivity index is 2.15. The molecule has 0 amide bonds. The lowest BCUT2D eigenvalue weighted by Gasteiger charge is -2.05. The second kappa shape index (κ2) is 4.14. The van der Waals surface area contributed by atoms with Gasteiger partial charge in [0.25, 0.3) is 0 Å². The number of halogens is 1. The Labute approximate surface area is 104 Å². The maximum absolute atomic E-state index is 9.29. The molecular formula is C12H12ClN3O. The molecule has 0 radical (unpaired) electrons. The molecule has 1 aromatic carbocycles. The minimum absolute atomic E-state index is 0.0302. The topological polar surface area (TPSA) is 50.1 Å². The van der Waals surface area contributed by atoms with E-state index in [1.807, 2.05) is 28.9 Å². The third-order valence-electron chi connectivity index (χ3n) is 2.97. The van der Waals surface area contributed by atoms with Gasteiger partial charge in [0.2, 0.25) is 0 Å². The van der Waals surface area contributed by atoms with Crippen molar-refractivity contribution < 1.29 is 5.11 Å². The highest BCUT2D eigenvalue weighted by Crippen LogP contribution is 2.24. The van der Waals surface area contributed by atoms with Gasteiger partial charge in [-0.15, -0.1) is 0 Å². The van der Waals surface area contributed by atoms with Crippen molar-refractivity contribution >= 4 is 11.6 Å². The molecule has 1 aliphatic rings. The van der Waals surface area contributed by atoms with Crippen LogP contribution in [0.3, 0.4) is 0 Å². The van der Waals surface area contributed by atoms with E-state index in [0.717, 1.165) is 35.7 Å². The number of hydrogen-bond donors (Lipinski definition) is 2. The van der Waals surface area contributed by atoms with E-state index in [9.17, 15) is 5.11 Å². The van der Waals surface area contributed by atoms with Gasteiger partial charge in [0.05, 0.1) is 23.7 Å². The van der Waals surface area contributed by atoms with Crippen molar-refractivity contribution in [3.63, 3.8) is 0 Å². The summed E-state index contributed by atoms with van der Waals surface area (Å²) < 4.78 is 1.85. The van der Waals surface area contributed by atoms with E-state index in [2.05, 4.69) is 10.4 Å². The van der Waals surface area contributed by atoms with Crippen LogP contribution in [0, 0.1) is 0 Å². The van der Waals surface area contributed by atoms with Crippen molar-refractivity contribution in [3.8, 4) is 5.69 Å². The summed E-state index contributed by atoms with van der Waals surface area (Å²) in [6, 6.07) is 7.56. The van der Waals surface area contributed by atoms with Crippen LogP contribution in [-0.2, 0) is 19.7 Å². The number of hydrogen-bond acceptors (Lipinski definition) is 3. The lowest BCUT2D eigenvalue weighted by molar-refractivity contribution is 0.274. The Morgan fingerprint density at radius 3 is 3.06 bits per heavy atom. The molecule has 88 valence electrons. The van der Waals surface area contributed by atoms with Gasteiger partial charge in [0, 0.05) is 23.7 Å². The number of nitrogens with zero attached hydrogens (tertiary/aromatic N) is 2. The molecule has 0 saturated heterocycles. The Morgan fingerprint density at radius 2 is 2.29 bits per heavy atom. The maximum Gasteiger partial charge on any atom is 0.0931 e. The van der Waals surface area contributed by atoms with E-state index in [0.29, 0.717) is 5.02 Å². The fraction of sp³-hybridized carbons (Fsp3) is 0.250. The summed E-state index contributed by atoms with van der Waals surface area (Å²) in [7, 11) is 0. The van der Waals surface area contributed by atoms with Crippen molar-refractivity contribution in [2.45, 2.75) is 19.7 Å². The van der Waals surface area contributed by atoms with Crippen molar-refractivity contribution in [2.24, 2.45) is 0 Å². The standard InChI is InChI=1S/C12H12ClN3O/c13-8-2-1-3-9(4-8)16-12-6-14-5-10(12)11(7-17)15-16/h1-4,14,17H,5-7H2. The molecule has 5 heteroatoms. The lowest BCUT2D eigenvalue weighted by Crippen LogP contribution is -2.08. The summed E-state index contributed by atoms with van der Waals surface area (Å²) in [6.07, 6.45) is 0. The van der Waals surface area contributed by atoms with E-state index >= 15 is 0 Å². The van der Waals surface area contributed by atoms with E-state index in [4.69, 9.17) is 11.6 Å². The van der Waals surface area contributed by atoms with Gasteiger partial charge in [0.1, 0.15) is 0 Å². The Bertz CT molecular complexity index is 565. The van der Waals surface area contributed by atoms with Crippen LogP contribution < -0.4 is 5.32 Å². The fourth-order valence-electron chi connectivity index (χ4n) is 2.18. The molecule has 2 heterocycles. The molecule has 0 aliphatic carbocycles. The van der Waals surface area contributed by atoms with Crippen LogP contribution in [0.1, 0.15) is 17.0 Å². The normalized spacial score (nSPS) is 14.0. The zero-order valence-electron chi connectivity index (χ0n) is 9.15. The Morgan fingerprint density at radius 1 is 1.41 bits per heavy atom. The lowest BCUT2D eigenvalue weighted by atomic mass is 10.2. The van der Waals surface area contributed by atoms with E-state index in [1.54, 1.807) is 0 Å². The van der Waals surface area contributed by atoms with Gasteiger partial charge >= 0.3 is 0 Å². The average molecular weight is 250 g/mol. The number of rotatable bonds is 2. The van der Waals surface area contributed by atoms with Crippen LogP contribution in [0.5, 0.6) is 0 Å². The molecule has 17 heavy (non-hydrogen) atoms. The SMILES string of the molecule is OCc1nn(-c2cccc(Cl)c2)c2c1CNC2. The first kappa shape index (κ1) is 10.8. The Kier molecular flexibility index (Phi) is 2.63. The molecule has 0 spiro atoms. The summed E-state index contributed by atoms with van der Waals surface area (Å²) >= 11 is 5.98. The number of aromatic nitrogens is 2. The first-order valence-electron chi connectivity index (χ1n) is 5.47. The highest BCUT2D eigenvalue weighted by atomic mass is 35.5. The summed E-state index contributed by atoms with van der Waals surface area (Å²) in [5.74, 6) is 0. The van der Waals surface area contributed by atoms with Gasteiger partial charge in [-0.1, -0.05) is 17.7 Å². The average Bonchev–Trinajstić information content (AvgIpc) is 2.89. The van der Waals surface area contributed by atoms with Crippen LogP contribution in [0.15, 0.2) is 24.3 Å². The smallest absolute Gasteiger partial charge is 0.0931 e. The van der Waals surface area contributed by atoms with Crippen LogP contribution in [0.2, 0.25) is 5.02 Å². The minimum atomic E-state index is -0.0302. The van der Waals surface area contributed by atoms with E-state index in [-0.39, 0.29) is 6.61 Å². The van der Waals surface area contributed by atoms with Crippen LogP contribution in [-0.4, -0.2) is 14.9 Å². The maximum atomic E-state index is 9.29. The quantitative estimate of drug-likeness (QED) is 0.851. The third kappa shape index (κ3) is 1.74. The highest BCUT2D eigenvalue weighted by Gasteiger charge is 2.22. The zero-order chi connectivity index (χ0) is 11.8. The van der Waals surface area contributed by atoms with Gasteiger partial charge in [-0.25, -0.2) is 4.68 Å². The predicted molar refractivity (Wildman–Crippen MR) is 65.0 cm³/mol. The number of fused-ring (bicyclic) bond motifs is 1. The number of nitrogens with one attached hydrogen (secondary N) is 1. The first-order valence-corrected chi connectivity index (χ1v) is 5.84. The molecule has 2 N–H and O–H groups in total. The van der Waals surface area contributed by atoms with Crippen molar-refractivity contribution in [1.29, 1.82) is 0 Å². The van der Waals surface area contributed by atoms with Crippen molar-refractivity contribution in [2.75, 3.05) is 0 Å². The van der Waals surface area contributed by atoms with Crippen molar-refractivity contribution in [1.82, 2.24) is 15.1 Å². The largest absolute Gasteiger partial charge is 0.390 e. The van der Waals surface area contributed by atoms with E-state index in [1.165, 1.54) is 0 Å². The molecule has 4 nitrogen and oxygen atoms in total. The summed E-state index contributed by atoms with van der Waals surface area (Å²) in [6.45, 7) is 1.51. The summed E-state index contributed by atoms with van der Waals surface area (Å²) in [4.78, 5) is 0. The molecule has 0 bridgehead atoms. The first-order chi connectivity index (χ1) is 8.29. The second-order valence-electron chi connectivity index (χ2n) is 4.03. The monoisotopic (exact) mass is 249 g/mol. The van der Waals surface area contributed by atoms with Crippen LogP contribution in [0.4, 0.5) is 0 Å². The molecule has 0 fully saturated rings. The summed E-state index contributed by atoms with van der Waals surface area (Å²) in [5.41, 5.74) is 3.88. The third-order valence-corrected chi connectivity index (χ3v) is 3.20. The molecular weight excluding hydrogens is 238 g/mol. The molecule has 3 rings (SSSR count). The second-order valence-corrected chi connectivity index (χ2v) is 4.46. The van der Waals surface area contributed by atoms with E-state index < -0.39 is 0 Å². The molecule has 2 aromatic rings. The molecule has 1 aliphatic heterocycles. The van der Waals surface area contributed by atoms with Gasteiger partial charge in [-0.05, 0) is 18.2 Å². The molecule has 1 aromatic heterocycles. The van der Waals surface area contributed by atoms with Gasteiger partial charge in [-0.2, -0.15) is 5.10 Å². The molecule has 0 atom stereocenters. The van der Waals surface area contributed by atoms with Crippen LogP contribution >= 0.6 is 11.6 Å².